The van der Waals surface area contributed by atoms with Crippen LogP contribution in [-0.2, 0) is 4.79 Å². The van der Waals surface area contributed by atoms with Crippen LogP contribution in [0, 0.1) is 0 Å². The van der Waals surface area contributed by atoms with Gasteiger partial charge in [0.05, 0.1) is 16.3 Å². The lowest BCUT2D eigenvalue weighted by Crippen LogP contribution is -2.16. The molecule has 0 aliphatic carbocycles. The summed E-state index contributed by atoms with van der Waals surface area (Å²) in [5.74, 6) is -0.0830. The van der Waals surface area contributed by atoms with E-state index >= 15 is 0 Å². The molecule has 0 bridgehead atoms. The van der Waals surface area contributed by atoms with Crippen LogP contribution in [-0.4, -0.2) is 12.1 Å². The molecule has 0 spiro atoms. The number of carbonyl (C=O) groups is 1. The van der Waals surface area contributed by atoms with Gasteiger partial charge in [-0.05, 0) is 31.4 Å². The van der Waals surface area contributed by atoms with Gasteiger partial charge in [-0.15, -0.1) is 6.58 Å². The zero-order valence-electron chi connectivity index (χ0n) is 14.1. The van der Waals surface area contributed by atoms with Crippen molar-refractivity contribution in [3.05, 3.63) is 46.5 Å². The summed E-state index contributed by atoms with van der Waals surface area (Å²) in [5, 5.41) is 4.93. The zero-order valence-corrected chi connectivity index (χ0v) is 15.6. The van der Waals surface area contributed by atoms with Gasteiger partial charge in [0, 0.05) is 12.0 Å². The van der Waals surface area contributed by atoms with Crippen LogP contribution in [0.1, 0.15) is 63.4 Å². The van der Waals surface area contributed by atoms with E-state index in [9.17, 15) is 4.79 Å². The highest BCUT2D eigenvalue weighted by Crippen LogP contribution is 2.22. The molecule has 1 rings (SSSR count). The van der Waals surface area contributed by atoms with Crippen LogP contribution in [0.4, 0.5) is 0 Å². The molecule has 0 aromatic heterocycles. The van der Waals surface area contributed by atoms with Crippen molar-refractivity contribution in [1.82, 2.24) is 5.43 Å². The number of halogens is 2. The summed E-state index contributed by atoms with van der Waals surface area (Å²) in [4.78, 5) is 11.7. The first-order valence-corrected chi connectivity index (χ1v) is 9.27. The number of benzene rings is 1. The molecule has 0 aliphatic heterocycles. The fraction of sp³-hybridized carbons (Fsp3) is 0.474. The van der Waals surface area contributed by atoms with Gasteiger partial charge in [-0.25, -0.2) is 5.43 Å². The third-order valence-electron chi connectivity index (χ3n) is 3.69. The van der Waals surface area contributed by atoms with E-state index in [2.05, 4.69) is 17.1 Å². The zero-order chi connectivity index (χ0) is 17.6. The van der Waals surface area contributed by atoms with Gasteiger partial charge in [0.2, 0.25) is 5.91 Å². The third kappa shape index (κ3) is 9.09. The van der Waals surface area contributed by atoms with E-state index in [0.717, 1.165) is 19.3 Å². The number of carbonyl (C=O) groups excluding carboxylic acids is 1. The van der Waals surface area contributed by atoms with Crippen molar-refractivity contribution in [2.45, 2.75) is 57.8 Å². The van der Waals surface area contributed by atoms with E-state index in [1.165, 1.54) is 38.3 Å². The molecular weight excluding hydrogens is 343 g/mol. The van der Waals surface area contributed by atoms with Crippen molar-refractivity contribution < 1.29 is 4.79 Å². The highest BCUT2D eigenvalue weighted by atomic mass is 35.5. The summed E-state index contributed by atoms with van der Waals surface area (Å²) in [6.07, 6.45) is 13.2. The van der Waals surface area contributed by atoms with Crippen molar-refractivity contribution in [1.29, 1.82) is 0 Å². The van der Waals surface area contributed by atoms with Crippen LogP contribution < -0.4 is 5.43 Å². The summed E-state index contributed by atoms with van der Waals surface area (Å²) in [5.41, 5.74) is 3.12. The van der Waals surface area contributed by atoms with E-state index in [0.29, 0.717) is 22.0 Å². The standard InChI is InChI=1S/C19H26Cl2N2O/c1-2-3-4-5-6-7-8-9-10-14-19(24)23-22-15-16-17(20)12-11-13-18(16)21/h2,11-13,15H,1,3-10,14H2,(H,23,24)/b22-15-. The molecule has 1 N–H and O–H groups in total. The number of unbranched alkanes of at least 4 members (excludes halogenated alkanes) is 7. The molecule has 0 radical (unpaired) electrons. The van der Waals surface area contributed by atoms with Crippen molar-refractivity contribution in [2.75, 3.05) is 0 Å². The molecule has 3 nitrogen and oxygen atoms in total. The first-order valence-electron chi connectivity index (χ1n) is 8.52. The lowest BCUT2D eigenvalue weighted by atomic mass is 10.1. The number of hydrogen-bond donors (Lipinski definition) is 1. The quantitative estimate of drug-likeness (QED) is 0.204. The second kappa shape index (κ2) is 13.0. The van der Waals surface area contributed by atoms with E-state index in [4.69, 9.17) is 23.2 Å². The van der Waals surface area contributed by atoms with E-state index in [-0.39, 0.29) is 5.91 Å². The number of nitrogens with one attached hydrogen (secondary N) is 1. The Bertz CT molecular complexity index is 524. The van der Waals surface area contributed by atoms with Crippen molar-refractivity contribution in [3.8, 4) is 0 Å². The van der Waals surface area contributed by atoms with E-state index in [1.807, 2.05) is 6.08 Å². The molecule has 0 unspecified atom stereocenters. The Morgan fingerprint density at radius 2 is 1.62 bits per heavy atom. The summed E-state index contributed by atoms with van der Waals surface area (Å²) in [7, 11) is 0. The van der Waals surface area contributed by atoms with Gasteiger partial charge in [-0.1, -0.05) is 67.4 Å². The Hall–Kier alpha value is -1.32. The molecule has 5 heteroatoms. The first kappa shape index (κ1) is 20.7. The molecular formula is C19H26Cl2N2O. The van der Waals surface area contributed by atoms with Gasteiger partial charge in [-0.2, -0.15) is 5.10 Å². The monoisotopic (exact) mass is 368 g/mol. The lowest BCUT2D eigenvalue weighted by molar-refractivity contribution is -0.121. The minimum Gasteiger partial charge on any atom is -0.273 e. The van der Waals surface area contributed by atoms with Crippen molar-refractivity contribution in [2.24, 2.45) is 5.10 Å². The average molecular weight is 369 g/mol. The number of hydrazone groups is 1. The van der Waals surface area contributed by atoms with Gasteiger partial charge in [-0.3, -0.25) is 4.79 Å². The number of allylic oxidation sites excluding steroid dienone is 1. The molecule has 0 atom stereocenters. The molecule has 0 saturated heterocycles. The fourth-order valence-electron chi connectivity index (χ4n) is 2.32. The van der Waals surface area contributed by atoms with Crippen LogP contribution >= 0.6 is 23.2 Å². The van der Waals surface area contributed by atoms with Gasteiger partial charge in [0.1, 0.15) is 0 Å². The maximum absolute atomic E-state index is 11.7. The highest BCUT2D eigenvalue weighted by molar-refractivity contribution is 6.38. The van der Waals surface area contributed by atoms with Crippen LogP contribution in [0.5, 0.6) is 0 Å². The molecule has 1 aromatic rings. The Balaban J connectivity index is 2.10. The summed E-state index contributed by atoms with van der Waals surface area (Å²) < 4.78 is 0. The molecule has 0 heterocycles. The van der Waals surface area contributed by atoms with Crippen LogP contribution in [0.2, 0.25) is 10.0 Å². The van der Waals surface area contributed by atoms with Crippen LogP contribution in [0.25, 0.3) is 0 Å². The van der Waals surface area contributed by atoms with Crippen molar-refractivity contribution >= 4 is 35.3 Å². The van der Waals surface area contributed by atoms with Gasteiger partial charge < -0.3 is 0 Å². The number of hydrogen-bond acceptors (Lipinski definition) is 2. The second-order valence-corrected chi connectivity index (χ2v) is 6.55. The lowest BCUT2D eigenvalue weighted by Gasteiger charge is -2.02. The Kier molecular flexibility index (Phi) is 11.2. The van der Waals surface area contributed by atoms with Crippen LogP contribution in [0.3, 0.4) is 0 Å². The van der Waals surface area contributed by atoms with Crippen LogP contribution in [0.15, 0.2) is 36.0 Å². The Morgan fingerprint density at radius 1 is 1.04 bits per heavy atom. The fourth-order valence-corrected chi connectivity index (χ4v) is 2.81. The number of rotatable bonds is 12. The number of amides is 1. The molecule has 132 valence electrons. The highest BCUT2D eigenvalue weighted by Gasteiger charge is 2.03. The number of nitrogens with zero attached hydrogens (tertiary/aromatic N) is 1. The normalized spacial score (nSPS) is 10.9. The minimum absolute atomic E-state index is 0.0830. The molecule has 24 heavy (non-hydrogen) atoms. The summed E-state index contributed by atoms with van der Waals surface area (Å²) in [6.45, 7) is 3.72. The molecule has 0 saturated carbocycles. The molecule has 1 aromatic carbocycles. The van der Waals surface area contributed by atoms with Gasteiger partial charge >= 0.3 is 0 Å². The second-order valence-electron chi connectivity index (χ2n) is 5.73. The van der Waals surface area contributed by atoms with E-state index < -0.39 is 0 Å². The SMILES string of the molecule is C=CCCCCCCCCCC(=O)N/N=C\c1c(Cl)cccc1Cl. The Labute approximate surface area is 155 Å². The summed E-state index contributed by atoms with van der Waals surface area (Å²) >= 11 is 12.0. The van der Waals surface area contributed by atoms with Gasteiger partial charge in [0.25, 0.3) is 0 Å². The molecule has 1 amide bonds. The van der Waals surface area contributed by atoms with Gasteiger partial charge in [0.15, 0.2) is 0 Å². The smallest absolute Gasteiger partial charge is 0.240 e. The Morgan fingerprint density at radius 3 is 2.25 bits per heavy atom. The largest absolute Gasteiger partial charge is 0.273 e. The summed E-state index contributed by atoms with van der Waals surface area (Å²) in [6, 6.07) is 5.22. The maximum Gasteiger partial charge on any atom is 0.240 e. The van der Waals surface area contributed by atoms with E-state index in [1.54, 1.807) is 18.2 Å². The predicted octanol–water partition coefficient (Wildman–Crippen LogP) is 6.14. The van der Waals surface area contributed by atoms with Crippen molar-refractivity contribution in [3.63, 3.8) is 0 Å². The maximum atomic E-state index is 11.7. The topological polar surface area (TPSA) is 41.5 Å². The first-order chi connectivity index (χ1) is 11.6. The average Bonchev–Trinajstić information content (AvgIpc) is 2.56. The minimum atomic E-state index is -0.0830. The molecule has 0 fully saturated rings. The predicted molar refractivity (Wildman–Crippen MR) is 104 cm³/mol. The molecule has 0 aliphatic rings. The third-order valence-corrected chi connectivity index (χ3v) is 4.35.